The first-order valence-corrected chi connectivity index (χ1v) is 12.5. The van der Waals surface area contributed by atoms with E-state index < -0.39 is 17.7 Å². The van der Waals surface area contributed by atoms with Gasteiger partial charge in [0.2, 0.25) is 0 Å². The maximum Gasteiger partial charge on any atom is 0.295 e. The molecule has 8 heteroatoms. The van der Waals surface area contributed by atoms with Gasteiger partial charge in [-0.3, -0.25) is 9.59 Å². The average molecular weight is 513 g/mol. The van der Waals surface area contributed by atoms with Gasteiger partial charge in [-0.1, -0.05) is 44.2 Å². The molecule has 0 bridgehead atoms. The lowest BCUT2D eigenvalue weighted by atomic mass is 9.95. The summed E-state index contributed by atoms with van der Waals surface area (Å²) in [4.78, 5) is 30.2. The van der Waals surface area contributed by atoms with Gasteiger partial charge in [-0.15, -0.1) is 0 Å². The van der Waals surface area contributed by atoms with Crippen LogP contribution in [-0.4, -0.2) is 66.0 Å². The summed E-state index contributed by atoms with van der Waals surface area (Å²) in [6.45, 7) is 12.9. The first kappa shape index (κ1) is 27.3. The van der Waals surface area contributed by atoms with Crippen molar-refractivity contribution in [3.8, 4) is 11.5 Å². The van der Waals surface area contributed by atoms with Gasteiger partial charge in [0.05, 0.1) is 18.2 Å². The first-order valence-electron chi connectivity index (χ1n) is 12.1. The van der Waals surface area contributed by atoms with Crippen LogP contribution in [0.5, 0.6) is 11.5 Å². The lowest BCUT2D eigenvalue weighted by molar-refractivity contribution is -0.140. The summed E-state index contributed by atoms with van der Waals surface area (Å²) >= 11 is 6.01. The number of aliphatic hydroxyl groups excluding tert-OH is 1. The molecule has 1 saturated heterocycles. The number of ketones is 1. The Balaban J connectivity index is 2.14. The molecule has 0 radical (unpaired) electrons. The molecule has 0 spiro atoms. The van der Waals surface area contributed by atoms with Crippen LogP contribution >= 0.6 is 11.6 Å². The fourth-order valence-electron chi connectivity index (χ4n) is 4.24. The first-order chi connectivity index (χ1) is 17.4. The fraction of sp³-hybridized carbons (Fsp3) is 0.357. The number of likely N-dealkylation sites (N-methyl/N-ethyl adjacent to an activating group) is 1. The van der Waals surface area contributed by atoms with E-state index in [1.165, 1.54) is 4.90 Å². The number of hydrogen-bond donors (Lipinski definition) is 1. The molecule has 1 fully saturated rings. The van der Waals surface area contributed by atoms with Crippen LogP contribution in [0.15, 0.2) is 60.7 Å². The summed E-state index contributed by atoms with van der Waals surface area (Å²) in [5, 5.41) is 11.7. The highest BCUT2D eigenvalue weighted by Gasteiger charge is 2.46. The van der Waals surface area contributed by atoms with Crippen molar-refractivity contribution in [3.63, 3.8) is 0 Å². The smallest absolute Gasteiger partial charge is 0.295 e. The van der Waals surface area contributed by atoms with Gasteiger partial charge in [0.25, 0.3) is 11.7 Å². The number of amides is 1. The van der Waals surface area contributed by atoms with Crippen molar-refractivity contribution in [2.45, 2.75) is 26.8 Å². The highest BCUT2D eigenvalue weighted by Crippen LogP contribution is 2.42. The molecule has 0 saturated carbocycles. The minimum Gasteiger partial charge on any atom is -0.507 e. The Labute approximate surface area is 217 Å². The summed E-state index contributed by atoms with van der Waals surface area (Å²) in [5.74, 6) is -0.606. The third-order valence-corrected chi connectivity index (χ3v) is 6.40. The highest BCUT2D eigenvalue weighted by atomic mass is 35.5. The largest absolute Gasteiger partial charge is 0.507 e. The number of aliphatic hydroxyl groups is 1. The van der Waals surface area contributed by atoms with E-state index >= 15 is 0 Å². The van der Waals surface area contributed by atoms with Gasteiger partial charge in [-0.25, -0.2) is 0 Å². The van der Waals surface area contributed by atoms with E-state index in [2.05, 4.69) is 11.5 Å². The summed E-state index contributed by atoms with van der Waals surface area (Å²) in [6.07, 6.45) is 1.64. The van der Waals surface area contributed by atoms with Crippen LogP contribution in [0, 0.1) is 0 Å². The van der Waals surface area contributed by atoms with Crippen molar-refractivity contribution in [1.82, 2.24) is 9.80 Å². The molecule has 7 nitrogen and oxygen atoms in total. The van der Waals surface area contributed by atoms with E-state index in [-0.39, 0.29) is 11.3 Å². The zero-order valence-electron chi connectivity index (χ0n) is 21.0. The van der Waals surface area contributed by atoms with Gasteiger partial charge < -0.3 is 24.4 Å². The van der Waals surface area contributed by atoms with Crippen LogP contribution in [0.1, 0.15) is 37.9 Å². The molecule has 3 rings (SSSR count). The summed E-state index contributed by atoms with van der Waals surface area (Å²) in [5.41, 5.74) is 1.07. The number of benzene rings is 2. The second kappa shape index (κ2) is 12.6. The van der Waals surface area contributed by atoms with Gasteiger partial charge >= 0.3 is 0 Å². The number of hydrogen-bond acceptors (Lipinski definition) is 6. The molecule has 1 atom stereocenters. The molecule has 1 N–H and O–H groups in total. The topological polar surface area (TPSA) is 79.3 Å². The number of ether oxygens (including phenoxy) is 2. The predicted molar refractivity (Wildman–Crippen MR) is 142 cm³/mol. The molecule has 1 amide bonds. The van der Waals surface area contributed by atoms with Gasteiger partial charge in [0, 0.05) is 23.7 Å². The van der Waals surface area contributed by atoms with Crippen molar-refractivity contribution in [2.75, 3.05) is 39.4 Å². The lowest BCUT2D eigenvalue weighted by Gasteiger charge is -2.28. The average Bonchev–Trinajstić information content (AvgIpc) is 3.13. The molecular weight excluding hydrogens is 480 g/mol. The number of carbonyl (C=O) groups is 2. The van der Waals surface area contributed by atoms with E-state index in [1.807, 2.05) is 20.8 Å². The van der Waals surface area contributed by atoms with Crippen LogP contribution in [0.4, 0.5) is 0 Å². The van der Waals surface area contributed by atoms with Crippen LogP contribution in [0.3, 0.4) is 0 Å². The molecule has 2 aromatic rings. The Morgan fingerprint density at radius 1 is 1.08 bits per heavy atom. The van der Waals surface area contributed by atoms with Crippen molar-refractivity contribution >= 4 is 29.1 Å². The third kappa shape index (κ3) is 5.91. The second-order valence-electron chi connectivity index (χ2n) is 8.27. The summed E-state index contributed by atoms with van der Waals surface area (Å²) < 4.78 is 11.5. The van der Waals surface area contributed by atoms with Gasteiger partial charge in [0.1, 0.15) is 12.4 Å². The normalized spacial score (nSPS) is 17.0. The molecule has 2 aromatic carbocycles. The minimum atomic E-state index is -0.788. The molecule has 1 aliphatic heterocycles. The monoisotopic (exact) mass is 512 g/mol. The van der Waals surface area contributed by atoms with Crippen molar-refractivity contribution < 1.29 is 24.2 Å². The molecule has 36 heavy (non-hydrogen) atoms. The number of rotatable bonds is 12. The molecule has 1 heterocycles. The number of nitrogens with zero attached hydrogens (tertiary/aromatic N) is 2. The second-order valence-corrected chi connectivity index (χ2v) is 8.70. The van der Waals surface area contributed by atoms with Crippen LogP contribution < -0.4 is 9.47 Å². The van der Waals surface area contributed by atoms with Crippen molar-refractivity contribution in [2.24, 2.45) is 0 Å². The molecular formula is C28H33ClN2O5. The third-order valence-electron chi connectivity index (χ3n) is 6.15. The van der Waals surface area contributed by atoms with Crippen molar-refractivity contribution in [1.29, 1.82) is 0 Å². The van der Waals surface area contributed by atoms with Gasteiger partial charge in [-0.2, -0.15) is 0 Å². The SMILES string of the molecule is C=CCOc1ccc(C2/C(=C(\O)c3ccc(Cl)cc3)C(=O)C(=O)N2CCN(CC)CC)cc1OCC. The Bertz CT molecular complexity index is 1130. The van der Waals surface area contributed by atoms with Gasteiger partial charge in [-0.05, 0) is 62.0 Å². The van der Waals surface area contributed by atoms with E-state index in [4.69, 9.17) is 21.1 Å². The number of Topliss-reactive ketones (excluding diaryl/α,β-unsaturated/α-hetero) is 1. The molecule has 1 aliphatic rings. The zero-order valence-corrected chi connectivity index (χ0v) is 21.8. The Morgan fingerprint density at radius 3 is 2.39 bits per heavy atom. The standard InChI is InChI=1S/C28H33ClN2O5/c1-5-17-36-22-14-11-20(18-23(22)35-8-4)25-24(26(32)19-9-12-21(29)13-10-19)27(33)28(34)31(25)16-15-30(6-2)7-3/h5,9-14,18,25,32H,1,6-8,15-17H2,2-4H3/b26-24+. The highest BCUT2D eigenvalue weighted by molar-refractivity contribution is 6.46. The molecule has 1 unspecified atom stereocenters. The predicted octanol–water partition coefficient (Wildman–Crippen LogP) is 5.07. The van der Waals surface area contributed by atoms with Gasteiger partial charge in [0.15, 0.2) is 11.5 Å². The summed E-state index contributed by atoms with van der Waals surface area (Å²) in [7, 11) is 0. The number of carbonyl (C=O) groups excluding carboxylic acids is 2. The van der Waals surface area contributed by atoms with E-state index in [1.54, 1.807) is 48.5 Å². The maximum atomic E-state index is 13.3. The number of likely N-dealkylation sites (tertiary alicyclic amines) is 1. The van der Waals surface area contributed by atoms with Crippen molar-refractivity contribution in [3.05, 3.63) is 76.8 Å². The summed E-state index contributed by atoms with van der Waals surface area (Å²) in [6, 6.07) is 11.0. The van der Waals surface area contributed by atoms with Crippen LogP contribution in [-0.2, 0) is 9.59 Å². The Kier molecular flexibility index (Phi) is 9.56. The molecule has 192 valence electrons. The molecule has 0 aromatic heterocycles. The fourth-order valence-corrected chi connectivity index (χ4v) is 4.37. The Hall–Kier alpha value is -3.29. The van der Waals surface area contributed by atoms with E-state index in [0.717, 1.165) is 13.1 Å². The number of halogens is 1. The Morgan fingerprint density at radius 2 is 1.78 bits per heavy atom. The molecule has 0 aliphatic carbocycles. The zero-order chi connectivity index (χ0) is 26.2. The quantitative estimate of drug-likeness (QED) is 0.185. The van der Waals surface area contributed by atoms with Crippen LogP contribution in [0.25, 0.3) is 5.76 Å². The lowest BCUT2D eigenvalue weighted by Crippen LogP contribution is -2.38. The van der Waals surface area contributed by atoms with E-state index in [0.29, 0.717) is 54.0 Å². The minimum absolute atomic E-state index is 0.0316. The maximum absolute atomic E-state index is 13.3. The van der Waals surface area contributed by atoms with E-state index in [9.17, 15) is 14.7 Å². The van der Waals surface area contributed by atoms with Crippen LogP contribution in [0.2, 0.25) is 5.02 Å².